The van der Waals surface area contributed by atoms with E-state index < -0.39 is 0 Å². The molecule has 0 unspecified atom stereocenters. The van der Waals surface area contributed by atoms with Crippen molar-refractivity contribution in [2.45, 2.75) is 0 Å². The molecule has 0 aliphatic carbocycles. The van der Waals surface area contributed by atoms with Crippen molar-refractivity contribution >= 4 is 22.7 Å². The third-order valence-corrected chi connectivity index (χ3v) is 3.21. The van der Waals surface area contributed by atoms with E-state index in [2.05, 4.69) is 30.5 Å². The van der Waals surface area contributed by atoms with Crippen molar-refractivity contribution in [1.29, 1.82) is 0 Å². The zero-order chi connectivity index (χ0) is 13.7. The van der Waals surface area contributed by atoms with Gasteiger partial charge in [0.05, 0.1) is 4.86 Å². The first-order valence-electron chi connectivity index (χ1n) is 6.22. The fourth-order valence-electron chi connectivity index (χ4n) is 1.89. The second-order valence-corrected chi connectivity index (χ2v) is 4.98. The molecular formula is C17H17NS. The van der Waals surface area contributed by atoms with Crippen LogP contribution in [0.5, 0.6) is 0 Å². The SMILES string of the molecule is CN(C)/C=C(/C(=S)c1ccccc1)c1ccccc1. The lowest BCUT2D eigenvalue weighted by Crippen LogP contribution is -2.08. The van der Waals surface area contributed by atoms with Gasteiger partial charge in [0.25, 0.3) is 0 Å². The third-order valence-electron chi connectivity index (χ3n) is 2.75. The minimum Gasteiger partial charge on any atom is -0.383 e. The number of thiocarbonyl (C=S) groups is 1. The van der Waals surface area contributed by atoms with Crippen molar-refractivity contribution in [3.63, 3.8) is 0 Å². The van der Waals surface area contributed by atoms with Crippen LogP contribution in [0.3, 0.4) is 0 Å². The van der Waals surface area contributed by atoms with Crippen LogP contribution in [0.1, 0.15) is 11.1 Å². The Morgan fingerprint density at radius 2 is 1.32 bits per heavy atom. The molecule has 0 aliphatic heterocycles. The second-order valence-electron chi connectivity index (χ2n) is 4.57. The Bertz CT molecular complexity index is 571. The number of allylic oxidation sites excluding steroid dienone is 1. The van der Waals surface area contributed by atoms with Gasteiger partial charge in [0, 0.05) is 25.9 Å². The average molecular weight is 267 g/mol. The summed E-state index contributed by atoms with van der Waals surface area (Å²) < 4.78 is 0. The van der Waals surface area contributed by atoms with Gasteiger partial charge in [-0.2, -0.15) is 0 Å². The molecule has 2 aromatic carbocycles. The highest BCUT2D eigenvalue weighted by atomic mass is 32.1. The van der Waals surface area contributed by atoms with Crippen molar-refractivity contribution in [2.24, 2.45) is 0 Å². The van der Waals surface area contributed by atoms with Crippen molar-refractivity contribution in [1.82, 2.24) is 4.90 Å². The molecule has 0 N–H and O–H groups in total. The summed E-state index contributed by atoms with van der Waals surface area (Å²) in [5.74, 6) is 0. The largest absolute Gasteiger partial charge is 0.383 e. The smallest absolute Gasteiger partial charge is 0.0542 e. The van der Waals surface area contributed by atoms with Crippen LogP contribution in [-0.2, 0) is 0 Å². The highest BCUT2D eigenvalue weighted by Crippen LogP contribution is 2.21. The van der Waals surface area contributed by atoms with E-state index in [9.17, 15) is 0 Å². The molecule has 0 amide bonds. The summed E-state index contributed by atoms with van der Waals surface area (Å²) in [6, 6.07) is 20.4. The summed E-state index contributed by atoms with van der Waals surface area (Å²) in [4.78, 5) is 2.90. The zero-order valence-corrected chi connectivity index (χ0v) is 12.0. The molecule has 0 radical (unpaired) electrons. The van der Waals surface area contributed by atoms with Crippen molar-refractivity contribution in [3.8, 4) is 0 Å². The maximum absolute atomic E-state index is 5.65. The summed E-state index contributed by atoms with van der Waals surface area (Å²) in [6.07, 6.45) is 2.07. The van der Waals surface area contributed by atoms with E-state index in [0.29, 0.717) is 0 Å². The molecule has 0 aromatic heterocycles. The predicted octanol–water partition coefficient (Wildman–Crippen LogP) is 4.01. The van der Waals surface area contributed by atoms with Crippen LogP contribution in [0.15, 0.2) is 66.9 Å². The van der Waals surface area contributed by atoms with Gasteiger partial charge in [0.15, 0.2) is 0 Å². The standard InChI is InChI=1S/C17H17NS/c1-18(2)13-16(14-9-5-3-6-10-14)17(19)15-11-7-4-8-12-15/h3-13H,1-2H3/b16-13+. The molecule has 0 heterocycles. The molecule has 0 spiro atoms. The molecule has 0 bridgehead atoms. The van der Waals surface area contributed by atoms with Gasteiger partial charge in [0.1, 0.15) is 0 Å². The maximum atomic E-state index is 5.65. The quantitative estimate of drug-likeness (QED) is 0.468. The Morgan fingerprint density at radius 1 is 0.842 bits per heavy atom. The van der Waals surface area contributed by atoms with Crippen molar-refractivity contribution in [3.05, 3.63) is 78.0 Å². The van der Waals surface area contributed by atoms with Gasteiger partial charge in [-0.3, -0.25) is 0 Å². The summed E-state index contributed by atoms with van der Waals surface area (Å²) in [7, 11) is 4.02. The Morgan fingerprint density at radius 3 is 1.79 bits per heavy atom. The molecule has 1 nitrogen and oxygen atoms in total. The summed E-state index contributed by atoms with van der Waals surface area (Å²) >= 11 is 5.65. The molecule has 2 heteroatoms. The predicted molar refractivity (Wildman–Crippen MR) is 86.2 cm³/mol. The van der Waals surface area contributed by atoms with E-state index in [4.69, 9.17) is 12.2 Å². The topological polar surface area (TPSA) is 3.24 Å². The number of benzene rings is 2. The molecule has 2 aromatic rings. The average Bonchev–Trinajstić information content (AvgIpc) is 2.46. The molecule has 0 aliphatic rings. The number of hydrogen-bond donors (Lipinski definition) is 0. The molecule has 96 valence electrons. The van der Waals surface area contributed by atoms with Gasteiger partial charge in [-0.1, -0.05) is 72.9 Å². The van der Waals surface area contributed by atoms with Crippen LogP contribution in [0.2, 0.25) is 0 Å². The lowest BCUT2D eigenvalue weighted by Gasteiger charge is -2.14. The van der Waals surface area contributed by atoms with Crippen LogP contribution in [-0.4, -0.2) is 23.9 Å². The number of hydrogen-bond acceptors (Lipinski definition) is 2. The van der Waals surface area contributed by atoms with Gasteiger partial charge in [-0.15, -0.1) is 0 Å². The van der Waals surface area contributed by atoms with Crippen LogP contribution in [0.4, 0.5) is 0 Å². The van der Waals surface area contributed by atoms with Crippen molar-refractivity contribution in [2.75, 3.05) is 14.1 Å². The van der Waals surface area contributed by atoms with Crippen LogP contribution in [0.25, 0.3) is 5.57 Å². The maximum Gasteiger partial charge on any atom is 0.0542 e. The molecule has 0 fully saturated rings. The zero-order valence-electron chi connectivity index (χ0n) is 11.2. The first kappa shape index (κ1) is 13.5. The van der Waals surface area contributed by atoms with Crippen LogP contribution >= 0.6 is 12.2 Å². The Labute approximate surface area is 120 Å². The van der Waals surface area contributed by atoms with Crippen molar-refractivity contribution < 1.29 is 0 Å². The van der Waals surface area contributed by atoms with E-state index >= 15 is 0 Å². The monoisotopic (exact) mass is 267 g/mol. The van der Waals surface area contributed by atoms with Crippen LogP contribution < -0.4 is 0 Å². The highest BCUT2D eigenvalue weighted by molar-refractivity contribution is 7.81. The first-order valence-corrected chi connectivity index (χ1v) is 6.63. The van der Waals surface area contributed by atoms with Gasteiger partial charge in [0.2, 0.25) is 0 Å². The van der Waals surface area contributed by atoms with E-state index in [0.717, 1.165) is 21.6 Å². The number of rotatable bonds is 4. The lowest BCUT2D eigenvalue weighted by molar-refractivity contribution is 0.566. The summed E-state index contributed by atoms with van der Waals surface area (Å²) in [5.41, 5.74) is 3.30. The van der Waals surface area contributed by atoms with E-state index in [-0.39, 0.29) is 0 Å². The third kappa shape index (κ3) is 3.52. The molecular weight excluding hydrogens is 250 g/mol. The fraction of sp³-hybridized carbons (Fsp3) is 0.118. The van der Waals surface area contributed by atoms with E-state index in [1.807, 2.05) is 55.4 Å². The molecule has 0 saturated heterocycles. The Balaban J connectivity index is 2.43. The summed E-state index contributed by atoms with van der Waals surface area (Å²) in [5, 5.41) is 0. The molecule has 19 heavy (non-hydrogen) atoms. The van der Waals surface area contributed by atoms with Gasteiger partial charge >= 0.3 is 0 Å². The fourth-order valence-corrected chi connectivity index (χ4v) is 2.19. The Hall–Kier alpha value is -1.93. The van der Waals surface area contributed by atoms with E-state index in [1.54, 1.807) is 0 Å². The lowest BCUT2D eigenvalue weighted by atomic mass is 9.98. The number of nitrogens with zero attached hydrogens (tertiary/aromatic N) is 1. The summed E-state index contributed by atoms with van der Waals surface area (Å²) in [6.45, 7) is 0. The molecule has 0 atom stereocenters. The molecule has 0 saturated carbocycles. The second kappa shape index (κ2) is 6.30. The first-order chi connectivity index (χ1) is 9.18. The van der Waals surface area contributed by atoms with Gasteiger partial charge < -0.3 is 4.90 Å². The van der Waals surface area contributed by atoms with E-state index in [1.165, 1.54) is 0 Å². The highest BCUT2D eigenvalue weighted by Gasteiger charge is 2.10. The normalized spacial score (nSPS) is 11.2. The minimum atomic E-state index is 0.875. The molecule has 2 rings (SSSR count). The Kier molecular flexibility index (Phi) is 4.48. The minimum absolute atomic E-state index is 0.875. The van der Waals surface area contributed by atoms with Gasteiger partial charge in [-0.05, 0) is 11.1 Å². The van der Waals surface area contributed by atoms with Crippen LogP contribution in [0, 0.1) is 0 Å². The van der Waals surface area contributed by atoms with Gasteiger partial charge in [-0.25, -0.2) is 0 Å².